The lowest BCUT2D eigenvalue weighted by Crippen LogP contribution is -2.29. The second-order valence-corrected chi connectivity index (χ2v) is 4.42. The van der Waals surface area contributed by atoms with Crippen LogP contribution in [0.1, 0.15) is 23.8 Å². The molecule has 0 saturated carbocycles. The summed E-state index contributed by atoms with van der Waals surface area (Å²) in [5.41, 5.74) is 0. The first-order chi connectivity index (χ1) is 9.22. The van der Waals surface area contributed by atoms with Crippen molar-refractivity contribution in [1.82, 2.24) is 25.2 Å². The normalized spacial score (nSPS) is 13.3. The number of rotatable bonds is 3. The highest BCUT2D eigenvalue weighted by Crippen LogP contribution is 2.13. The molecular formula is C11H14N6O2. The highest BCUT2D eigenvalue weighted by Gasteiger charge is 2.17. The summed E-state index contributed by atoms with van der Waals surface area (Å²) in [5, 5.41) is 17.1. The fourth-order valence-electron chi connectivity index (χ4n) is 2.09. The van der Waals surface area contributed by atoms with E-state index in [1.54, 1.807) is 13.0 Å². The molecule has 1 aliphatic heterocycles. The number of nitrogens with one attached hydrogen (secondary N) is 2. The van der Waals surface area contributed by atoms with Crippen molar-refractivity contribution >= 4 is 11.8 Å². The van der Waals surface area contributed by atoms with Gasteiger partial charge in [-0.25, -0.2) is 4.79 Å². The zero-order valence-electron chi connectivity index (χ0n) is 10.5. The minimum Gasteiger partial charge on any atom is -0.360 e. The van der Waals surface area contributed by atoms with Crippen LogP contribution < -0.4 is 10.6 Å². The summed E-state index contributed by atoms with van der Waals surface area (Å²) in [5.74, 6) is 2.80. The highest BCUT2D eigenvalue weighted by molar-refractivity contribution is 5.87. The summed E-state index contributed by atoms with van der Waals surface area (Å²) in [6.07, 6.45) is 2.04. The molecule has 0 radical (unpaired) electrons. The maximum Gasteiger partial charge on any atom is 0.320 e. The lowest BCUT2D eigenvalue weighted by Gasteiger charge is -2.05. The van der Waals surface area contributed by atoms with Gasteiger partial charge in [0.15, 0.2) is 11.6 Å². The van der Waals surface area contributed by atoms with Crippen LogP contribution in [0.4, 0.5) is 10.6 Å². The Morgan fingerprint density at radius 2 is 2.42 bits per heavy atom. The van der Waals surface area contributed by atoms with Gasteiger partial charge >= 0.3 is 6.03 Å². The molecule has 0 spiro atoms. The minimum absolute atomic E-state index is 0.343. The molecule has 8 heteroatoms. The van der Waals surface area contributed by atoms with E-state index in [0.29, 0.717) is 18.1 Å². The minimum atomic E-state index is -0.344. The van der Waals surface area contributed by atoms with Gasteiger partial charge in [0.05, 0.1) is 6.54 Å². The van der Waals surface area contributed by atoms with Gasteiger partial charge in [-0.1, -0.05) is 5.16 Å². The van der Waals surface area contributed by atoms with Crippen LogP contribution in [0.15, 0.2) is 10.6 Å². The molecule has 0 fully saturated rings. The number of aryl methyl sites for hydroxylation is 2. The van der Waals surface area contributed by atoms with Crippen LogP contribution in [0.3, 0.4) is 0 Å². The van der Waals surface area contributed by atoms with Crippen molar-refractivity contribution in [3.8, 4) is 0 Å². The second-order valence-electron chi connectivity index (χ2n) is 4.42. The predicted molar refractivity (Wildman–Crippen MR) is 65.4 cm³/mol. The Morgan fingerprint density at radius 3 is 3.21 bits per heavy atom. The third-order valence-corrected chi connectivity index (χ3v) is 2.96. The lowest BCUT2D eigenvalue weighted by atomic mass is 10.4. The zero-order valence-corrected chi connectivity index (χ0v) is 10.5. The molecule has 3 rings (SSSR count). The largest absolute Gasteiger partial charge is 0.360 e. The highest BCUT2D eigenvalue weighted by atomic mass is 16.5. The van der Waals surface area contributed by atoms with Crippen LogP contribution in [-0.2, 0) is 19.5 Å². The topological polar surface area (TPSA) is 97.9 Å². The van der Waals surface area contributed by atoms with E-state index in [0.717, 1.165) is 31.0 Å². The Bertz CT molecular complexity index is 602. The van der Waals surface area contributed by atoms with E-state index in [4.69, 9.17) is 4.52 Å². The van der Waals surface area contributed by atoms with Crippen LogP contribution in [0.2, 0.25) is 0 Å². The SMILES string of the molecule is Cc1cc(NC(=O)NCc2nnc3n2CCC3)no1. The van der Waals surface area contributed by atoms with Crippen molar-refractivity contribution < 1.29 is 9.32 Å². The molecule has 0 unspecified atom stereocenters. The van der Waals surface area contributed by atoms with Crippen molar-refractivity contribution in [2.45, 2.75) is 32.9 Å². The van der Waals surface area contributed by atoms with Gasteiger partial charge in [-0.2, -0.15) is 0 Å². The molecule has 8 nitrogen and oxygen atoms in total. The molecule has 2 amide bonds. The third kappa shape index (κ3) is 2.42. The summed E-state index contributed by atoms with van der Waals surface area (Å²) in [4.78, 5) is 11.7. The number of fused-ring (bicyclic) bond motifs is 1. The summed E-state index contributed by atoms with van der Waals surface area (Å²) in [6, 6.07) is 1.30. The fourth-order valence-corrected chi connectivity index (χ4v) is 2.09. The average molecular weight is 262 g/mol. The van der Waals surface area contributed by atoms with Crippen LogP contribution in [-0.4, -0.2) is 26.0 Å². The van der Waals surface area contributed by atoms with Crippen LogP contribution in [0.25, 0.3) is 0 Å². The summed E-state index contributed by atoms with van der Waals surface area (Å²) < 4.78 is 6.90. The van der Waals surface area contributed by atoms with Gasteiger partial charge < -0.3 is 14.4 Å². The second kappa shape index (κ2) is 4.71. The Morgan fingerprint density at radius 1 is 1.53 bits per heavy atom. The third-order valence-electron chi connectivity index (χ3n) is 2.96. The quantitative estimate of drug-likeness (QED) is 0.854. The van der Waals surface area contributed by atoms with Crippen molar-refractivity contribution in [1.29, 1.82) is 0 Å². The van der Waals surface area contributed by atoms with E-state index in [1.165, 1.54) is 0 Å². The summed E-state index contributed by atoms with van der Waals surface area (Å²) in [6.45, 7) is 3.02. The number of anilines is 1. The van der Waals surface area contributed by atoms with Gasteiger partial charge in [0, 0.05) is 19.0 Å². The van der Waals surface area contributed by atoms with E-state index in [1.807, 2.05) is 4.57 Å². The molecule has 1 aliphatic rings. The number of carbonyl (C=O) groups excluding carboxylic acids is 1. The predicted octanol–water partition coefficient (Wildman–Crippen LogP) is 0.842. The first-order valence-electron chi connectivity index (χ1n) is 6.11. The van der Waals surface area contributed by atoms with Crippen LogP contribution >= 0.6 is 0 Å². The maximum absolute atomic E-state index is 11.7. The van der Waals surface area contributed by atoms with E-state index in [-0.39, 0.29) is 6.03 Å². The van der Waals surface area contributed by atoms with E-state index in [9.17, 15) is 4.79 Å². The Hall–Kier alpha value is -2.38. The van der Waals surface area contributed by atoms with Gasteiger partial charge in [0.25, 0.3) is 0 Å². The number of amides is 2. The first-order valence-corrected chi connectivity index (χ1v) is 6.11. The van der Waals surface area contributed by atoms with Crippen LogP contribution in [0.5, 0.6) is 0 Å². The molecule has 0 saturated heterocycles. The van der Waals surface area contributed by atoms with Gasteiger partial charge in [-0.05, 0) is 13.3 Å². The smallest absolute Gasteiger partial charge is 0.320 e. The molecule has 100 valence electrons. The molecule has 0 aromatic carbocycles. The first kappa shape index (κ1) is 11.7. The van der Waals surface area contributed by atoms with E-state index >= 15 is 0 Å². The Balaban J connectivity index is 1.55. The van der Waals surface area contributed by atoms with Crippen molar-refractivity contribution in [3.05, 3.63) is 23.5 Å². The standard InChI is InChI=1S/C11H14N6O2/c1-7-5-8(16-19-7)13-11(18)12-6-10-15-14-9-3-2-4-17(9)10/h5H,2-4,6H2,1H3,(H2,12,13,16,18). The van der Waals surface area contributed by atoms with E-state index in [2.05, 4.69) is 26.0 Å². The monoisotopic (exact) mass is 262 g/mol. The van der Waals surface area contributed by atoms with Crippen molar-refractivity contribution in [2.24, 2.45) is 0 Å². The van der Waals surface area contributed by atoms with Crippen molar-refractivity contribution in [3.63, 3.8) is 0 Å². The summed E-state index contributed by atoms with van der Waals surface area (Å²) >= 11 is 0. The fraction of sp³-hybridized carbons (Fsp3) is 0.455. The number of urea groups is 1. The molecule has 0 aliphatic carbocycles. The molecule has 0 bridgehead atoms. The molecule has 2 aromatic heterocycles. The number of carbonyl (C=O) groups is 1. The molecular weight excluding hydrogens is 248 g/mol. The molecule has 3 heterocycles. The zero-order chi connectivity index (χ0) is 13.2. The van der Waals surface area contributed by atoms with E-state index < -0.39 is 0 Å². The van der Waals surface area contributed by atoms with Gasteiger partial charge in [-0.15, -0.1) is 10.2 Å². The number of hydrogen-bond donors (Lipinski definition) is 2. The Kier molecular flexibility index (Phi) is 2.90. The molecule has 2 aromatic rings. The van der Waals surface area contributed by atoms with Gasteiger partial charge in [-0.3, -0.25) is 5.32 Å². The molecule has 2 N–H and O–H groups in total. The molecule has 19 heavy (non-hydrogen) atoms. The van der Waals surface area contributed by atoms with Gasteiger partial charge in [0.2, 0.25) is 0 Å². The average Bonchev–Trinajstić information content (AvgIpc) is 3.04. The maximum atomic E-state index is 11.7. The number of hydrogen-bond acceptors (Lipinski definition) is 5. The lowest BCUT2D eigenvalue weighted by molar-refractivity contribution is 0.251. The van der Waals surface area contributed by atoms with Gasteiger partial charge in [0.1, 0.15) is 11.6 Å². The summed E-state index contributed by atoms with van der Waals surface area (Å²) in [7, 11) is 0. The van der Waals surface area contributed by atoms with Crippen molar-refractivity contribution in [2.75, 3.05) is 5.32 Å². The number of nitrogens with zero attached hydrogens (tertiary/aromatic N) is 4. The Labute approximate surface area is 109 Å². The molecule has 0 atom stereocenters. The number of aromatic nitrogens is 4. The van der Waals surface area contributed by atoms with Crippen LogP contribution in [0, 0.1) is 6.92 Å².